The highest BCUT2D eigenvalue weighted by Gasteiger charge is 2.26. The molecule has 1 rings (SSSR count). The SMILES string of the molecule is CC#CN(CCC)C(=O)n1cnc(S(=O)(=O)N(C)CCCC)n1. The molecule has 1 aromatic heterocycles. The first-order chi connectivity index (χ1) is 10.9. The number of carbonyl (C=O) groups is 1. The Morgan fingerprint density at radius 3 is 2.57 bits per heavy atom. The Balaban J connectivity index is 2.99. The van der Waals surface area contributed by atoms with Gasteiger partial charge in [-0.2, -0.15) is 8.99 Å². The minimum Gasteiger partial charge on any atom is -0.251 e. The van der Waals surface area contributed by atoms with Crippen LogP contribution in [-0.4, -0.2) is 58.6 Å². The van der Waals surface area contributed by atoms with Crippen LogP contribution in [0.25, 0.3) is 0 Å². The zero-order valence-electron chi connectivity index (χ0n) is 14.0. The normalized spacial score (nSPS) is 11.2. The van der Waals surface area contributed by atoms with Gasteiger partial charge in [-0.05, 0) is 19.8 Å². The van der Waals surface area contributed by atoms with Crippen molar-refractivity contribution in [1.82, 2.24) is 24.0 Å². The second-order valence-corrected chi connectivity index (χ2v) is 6.89. The molecule has 0 fully saturated rings. The van der Waals surface area contributed by atoms with Crippen LogP contribution in [0.15, 0.2) is 11.5 Å². The van der Waals surface area contributed by atoms with E-state index in [2.05, 4.69) is 22.0 Å². The van der Waals surface area contributed by atoms with Crippen LogP contribution in [-0.2, 0) is 10.0 Å². The van der Waals surface area contributed by atoms with Crippen LogP contribution >= 0.6 is 0 Å². The van der Waals surface area contributed by atoms with E-state index in [1.165, 1.54) is 16.3 Å². The van der Waals surface area contributed by atoms with Crippen molar-refractivity contribution in [2.24, 2.45) is 0 Å². The smallest absolute Gasteiger partial charge is 0.251 e. The minimum absolute atomic E-state index is 0.380. The molecule has 0 aliphatic heterocycles. The molecule has 0 saturated heterocycles. The molecule has 0 aliphatic rings. The summed E-state index contributed by atoms with van der Waals surface area (Å²) in [5, 5.41) is 3.43. The highest BCUT2D eigenvalue weighted by Crippen LogP contribution is 2.10. The van der Waals surface area contributed by atoms with Crippen molar-refractivity contribution in [3.8, 4) is 12.0 Å². The number of aromatic nitrogens is 3. The summed E-state index contributed by atoms with van der Waals surface area (Å²) in [5.41, 5.74) is 0. The summed E-state index contributed by atoms with van der Waals surface area (Å²) in [6, 6.07) is 2.14. The second kappa shape index (κ2) is 8.64. The summed E-state index contributed by atoms with van der Waals surface area (Å²) in [7, 11) is -2.32. The van der Waals surface area contributed by atoms with E-state index in [4.69, 9.17) is 0 Å². The van der Waals surface area contributed by atoms with Crippen LogP contribution in [0.3, 0.4) is 0 Å². The van der Waals surface area contributed by atoms with Crippen LogP contribution in [0.2, 0.25) is 0 Å². The zero-order chi connectivity index (χ0) is 17.5. The molecular formula is C14H23N5O3S. The molecule has 0 unspecified atom stereocenters. The molecule has 0 spiro atoms. The first-order valence-electron chi connectivity index (χ1n) is 7.50. The lowest BCUT2D eigenvalue weighted by atomic mass is 10.3. The van der Waals surface area contributed by atoms with Crippen molar-refractivity contribution >= 4 is 16.1 Å². The monoisotopic (exact) mass is 341 g/mol. The number of hydrogen-bond donors (Lipinski definition) is 0. The molecule has 23 heavy (non-hydrogen) atoms. The van der Waals surface area contributed by atoms with Gasteiger partial charge in [0.15, 0.2) is 0 Å². The molecule has 1 aromatic rings. The average Bonchev–Trinajstić information content (AvgIpc) is 3.02. The molecule has 1 heterocycles. The fraction of sp³-hybridized carbons (Fsp3) is 0.643. The van der Waals surface area contributed by atoms with E-state index in [-0.39, 0.29) is 5.16 Å². The van der Waals surface area contributed by atoms with Gasteiger partial charge in [0, 0.05) is 26.2 Å². The Labute approximate surface area is 137 Å². The maximum Gasteiger partial charge on any atom is 0.357 e. The molecule has 8 nitrogen and oxygen atoms in total. The summed E-state index contributed by atoms with van der Waals surface area (Å²) >= 11 is 0. The fourth-order valence-corrected chi connectivity index (χ4v) is 2.80. The van der Waals surface area contributed by atoms with Gasteiger partial charge in [-0.25, -0.2) is 18.2 Å². The van der Waals surface area contributed by atoms with Crippen LogP contribution in [0.4, 0.5) is 4.79 Å². The summed E-state index contributed by atoms with van der Waals surface area (Å²) in [5.74, 6) is 2.65. The summed E-state index contributed by atoms with van der Waals surface area (Å²) < 4.78 is 26.8. The van der Waals surface area contributed by atoms with Crippen LogP contribution < -0.4 is 0 Å². The number of sulfonamides is 1. The van der Waals surface area contributed by atoms with Gasteiger partial charge >= 0.3 is 6.03 Å². The Morgan fingerprint density at radius 2 is 2.00 bits per heavy atom. The maximum atomic E-state index is 12.3. The Hall–Kier alpha value is -1.92. The lowest BCUT2D eigenvalue weighted by molar-refractivity contribution is 0.216. The van der Waals surface area contributed by atoms with Crippen molar-refractivity contribution in [3.63, 3.8) is 0 Å². The molecule has 0 aliphatic carbocycles. The topological polar surface area (TPSA) is 88.4 Å². The zero-order valence-corrected chi connectivity index (χ0v) is 14.8. The maximum absolute atomic E-state index is 12.3. The molecule has 1 amide bonds. The van der Waals surface area contributed by atoms with Crippen LogP contribution in [0.5, 0.6) is 0 Å². The van der Waals surface area contributed by atoms with E-state index in [9.17, 15) is 13.2 Å². The lowest BCUT2D eigenvalue weighted by Gasteiger charge is -2.14. The Morgan fingerprint density at radius 1 is 1.30 bits per heavy atom. The van der Waals surface area contributed by atoms with Crippen molar-refractivity contribution in [3.05, 3.63) is 6.33 Å². The Bertz CT molecular complexity index is 687. The number of hydrogen-bond acceptors (Lipinski definition) is 5. The predicted octanol–water partition coefficient (Wildman–Crippen LogP) is 1.36. The molecule has 0 radical (unpaired) electrons. The molecular weight excluding hydrogens is 318 g/mol. The Kier molecular flexibility index (Phi) is 7.19. The van der Waals surface area contributed by atoms with Gasteiger partial charge in [-0.1, -0.05) is 26.2 Å². The van der Waals surface area contributed by atoms with E-state index in [0.717, 1.165) is 30.3 Å². The van der Waals surface area contributed by atoms with Crippen LogP contribution in [0, 0.1) is 12.0 Å². The number of carbonyl (C=O) groups excluding carboxylic acids is 1. The highest BCUT2D eigenvalue weighted by molar-refractivity contribution is 7.88. The summed E-state index contributed by atoms with van der Waals surface area (Å²) in [4.78, 5) is 17.3. The number of rotatable bonds is 7. The standard InChI is InChI=1S/C14H23N5O3S/c1-5-8-11-17(4)23(21,22)13-15-12-19(16-13)14(20)18(9-6-2)10-7-3/h12H,5-6,8-9,11H2,1-4H3. The first kappa shape index (κ1) is 19.1. The van der Waals surface area contributed by atoms with Crippen molar-refractivity contribution in [2.75, 3.05) is 20.1 Å². The summed E-state index contributed by atoms with van der Waals surface area (Å²) in [6.07, 6.45) is 3.44. The van der Waals surface area contributed by atoms with Gasteiger partial charge in [0.1, 0.15) is 6.33 Å². The summed E-state index contributed by atoms with van der Waals surface area (Å²) in [6.45, 7) is 6.32. The number of unbranched alkanes of at least 4 members (excludes halogenated alkanes) is 1. The molecule has 9 heteroatoms. The number of amides is 1. The minimum atomic E-state index is -3.79. The molecule has 128 valence electrons. The third-order valence-corrected chi connectivity index (χ3v) is 4.71. The highest BCUT2D eigenvalue weighted by atomic mass is 32.2. The van der Waals surface area contributed by atoms with E-state index in [0.29, 0.717) is 13.1 Å². The van der Waals surface area contributed by atoms with Gasteiger partial charge in [-0.3, -0.25) is 4.90 Å². The molecule has 0 N–H and O–H groups in total. The quantitative estimate of drug-likeness (QED) is 0.552. The van der Waals surface area contributed by atoms with Gasteiger partial charge in [0.25, 0.3) is 15.2 Å². The third kappa shape index (κ3) is 4.77. The van der Waals surface area contributed by atoms with Crippen molar-refractivity contribution < 1.29 is 13.2 Å². The molecule has 0 aromatic carbocycles. The fourth-order valence-electron chi connectivity index (χ4n) is 1.78. The van der Waals surface area contributed by atoms with Crippen molar-refractivity contribution in [1.29, 1.82) is 0 Å². The van der Waals surface area contributed by atoms with E-state index < -0.39 is 16.1 Å². The van der Waals surface area contributed by atoms with E-state index in [1.807, 2.05) is 13.8 Å². The molecule has 0 atom stereocenters. The average molecular weight is 341 g/mol. The number of nitrogens with zero attached hydrogens (tertiary/aromatic N) is 5. The van der Waals surface area contributed by atoms with Gasteiger partial charge in [-0.15, -0.1) is 5.10 Å². The van der Waals surface area contributed by atoms with E-state index >= 15 is 0 Å². The van der Waals surface area contributed by atoms with Gasteiger partial charge < -0.3 is 0 Å². The van der Waals surface area contributed by atoms with E-state index in [1.54, 1.807) is 6.92 Å². The first-order valence-corrected chi connectivity index (χ1v) is 8.94. The molecule has 0 bridgehead atoms. The third-order valence-electron chi connectivity index (χ3n) is 3.06. The predicted molar refractivity (Wildman–Crippen MR) is 86.0 cm³/mol. The second-order valence-electron chi connectivity index (χ2n) is 4.95. The largest absolute Gasteiger partial charge is 0.357 e. The van der Waals surface area contributed by atoms with Crippen molar-refractivity contribution in [2.45, 2.75) is 45.2 Å². The van der Waals surface area contributed by atoms with Gasteiger partial charge in [0.2, 0.25) is 0 Å². The lowest BCUT2D eigenvalue weighted by Crippen LogP contribution is -2.32. The van der Waals surface area contributed by atoms with Crippen LogP contribution in [0.1, 0.15) is 40.0 Å². The molecule has 0 saturated carbocycles. The van der Waals surface area contributed by atoms with Gasteiger partial charge in [0.05, 0.1) is 0 Å².